The summed E-state index contributed by atoms with van der Waals surface area (Å²) in [5, 5.41) is 9.83. The van der Waals surface area contributed by atoms with E-state index in [9.17, 15) is 9.90 Å². The minimum Gasteiger partial charge on any atom is -0.444 e. The first kappa shape index (κ1) is 14.3. The second kappa shape index (κ2) is 5.69. The molecule has 0 spiro atoms. The molecule has 100 valence electrons. The molecule has 1 aliphatic heterocycles. The van der Waals surface area contributed by atoms with Crippen molar-refractivity contribution in [3.63, 3.8) is 0 Å². The van der Waals surface area contributed by atoms with E-state index in [1.54, 1.807) is 4.90 Å². The van der Waals surface area contributed by atoms with Crippen LogP contribution in [-0.4, -0.2) is 46.9 Å². The molecule has 1 aliphatic rings. The highest BCUT2D eigenvalue weighted by molar-refractivity contribution is 5.68. The summed E-state index contributed by atoms with van der Waals surface area (Å²) in [6.07, 6.45) is 1.74. The fourth-order valence-corrected chi connectivity index (χ4v) is 2.06. The Bertz CT molecular complexity index is 263. The highest BCUT2D eigenvalue weighted by Gasteiger charge is 2.33. The van der Waals surface area contributed by atoms with Crippen LogP contribution in [0, 0.1) is 0 Å². The van der Waals surface area contributed by atoms with E-state index in [1.165, 1.54) is 0 Å². The van der Waals surface area contributed by atoms with Crippen LogP contribution in [0.5, 0.6) is 0 Å². The number of rotatable bonds is 2. The summed E-state index contributed by atoms with van der Waals surface area (Å²) in [5.74, 6) is 0. The lowest BCUT2D eigenvalue weighted by Crippen LogP contribution is -2.53. The molecule has 1 fully saturated rings. The largest absolute Gasteiger partial charge is 0.444 e. The Balaban J connectivity index is 2.67. The lowest BCUT2D eigenvalue weighted by Gasteiger charge is -2.38. The highest BCUT2D eigenvalue weighted by atomic mass is 16.6. The van der Waals surface area contributed by atoms with Crippen molar-refractivity contribution in [2.45, 2.75) is 57.8 Å². The minimum atomic E-state index is -0.664. The van der Waals surface area contributed by atoms with Gasteiger partial charge in [0, 0.05) is 13.1 Å². The van der Waals surface area contributed by atoms with Crippen LogP contribution in [0.15, 0.2) is 0 Å². The van der Waals surface area contributed by atoms with Crippen LogP contribution in [-0.2, 0) is 4.74 Å². The molecule has 0 aromatic heterocycles. The van der Waals surface area contributed by atoms with Crippen molar-refractivity contribution < 1.29 is 14.6 Å². The van der Waals surface area contributed by atoms with Gasteiger partial charge in [0.15, 0.2) is 0 Å². The Labute approximate surface area is 103 Å². The molecule has 1 heterocycles. The Kier molecular flexibility index (Phi) is 4.77. The van der Waals surface area contributed by atoms with Gasteiger partial charge < -0.3 is 20.5 Å². The molecule has 17 heavy (non-hydrogen) atoms. The van der Waals surface area contributed by atoms with Crippen molar-refractivity contribution >= 4 is 6.09 Å². The molecule has 1 saturated heterocycles. The fraction of sp³-hybridized carbons (Fsp3) is 0.917. The van der Waals surface area contributed by atoms with Crippen LogP contribution >= 0.6 is 0 Å². The number of aliphatic hydroxyl groups excluding tert-OH is 1. The fourth-order valence-electron chi connectivity index (χ4n) is 2.06. The summed E-state index contributed by atoms with van der Waals surface area (Å²) in [4.78, 5) is 13.6. The lowest BCUT2D eigenvalue weighted by molar-refractivity contribution is -0.0143. The molecule has 0 aromatic carbocycles. The second-order valence-corrected chi connectivity index (χ2v) is 5.54. The third kappa shape index (κ3) is 4.16. The monoisotopic (exact) mass is 244 g/mol. The second-order valence-electron chi connectivity index (χ2n) is 5.54. The maximum atomic E-state index is 12.0. The van der Waals surface area contributed by atoms with Crippen LogP contribution in [0.1, 0.15) is 40.0 Å². The van der Waals surface area contributed by atoms with Gasteiger partial charge in [0.25, 0.3) is 0 Å². The number of nitrogens with two attached hydrogens (primary N) is 1. The molecule has 0 bridgehead atoms. The highest BCUT2D eigenvalue weighted by Crippen LogP contribution is 2.22. The molecule has 1 amide bonds. The summed E-state index contributed by atoms with van der Waals surface area (Å²) < 4.78 is 5.34. The number of nitrogens with zero attached hydrogens (tertiary/aromatic N) is 1. The van der Waals surface area contributed by atoms with Crippen LogP contribution in [0.3, 0.4) is 0 Å². The standard InChI is InChI=1S/C12H24N2O3/c1-12(2,3)17-11(16)14-7-5-4-6-9(14)10(15)8-13/h9-10,15H,4-8,13H2,1-3H3/t9-,10+/m0/s1. The van der Waals surface area contributed by atoms with E-state index in [1.807, 2.05) is 20.8 Å². The van der Waals surface area contributed by atoms with Gasteiger partial charge in [0.2, 0.25) is 0 Å². The molecule has 0 saturated carbocycles. The lowest BCUT2D eigenvalue weighted by atomic mass is 9.98. The van der Waals surface area contributed by atoms with Crippen LogP contribution in [0.25, 0.3) is 0 Å². The Morgan fingerprint density at radius 3 is 2.71 bits per heavy atom. The van der Waals surface area contributed by atoms with Gasteiger partial charge in [-0.05, 0) is 40.0 Å². The van der Waals surface area contributed by atoms with Crippen LogP contribution in [0.4, 0.5) is 4.79 Å². The molecule has 1 rings (SSSR count). The number of carbonyl (C=O) groups excluding carboxylic acids is 1. The predicted octanol–water partition coefficient (Wildman–Crippen LogP) is 1.10. The third-order valence-electron chi connectivity index (χ3n) is 2.86. The summed E-state index contributed by atoms with van der Waals surface area (Å²) in [6, 6.07) is -0.205. The molecular weight excluding hydrogens is 220 g/mol. The number of ether oxygens (including phenoxy) is 1. The normalized spacial score (nSPS) is 23.4. The molecular formula is C12H24N2O3. The quantitative estimate of drug-likeness (QED) is 0.762. The summed E-state index contributed by atoms with van der Waals surface area (Å²) in [7, 11) is 0. The SMILES string of the molecule is CC(C)(C)OC(=O)N1CCCC[C@H]1[C@H](O)CN. The topological polar surface area (TPSA) is 75.8 Å². The maximum Gasteiger partial charge on any atom is 0.410 e. The Morgan fingerprint density at radius 2 is 2.18 bits per heavy atom. The number of hydrogen-bond donors (Lipinski definition) is 2. The van der Waals surface area contributed by atoms with Gasteiger partial charge in [0.05, 0.1) is 12.1 Å². The van der Waals surface area contributed by atoms with E-state index >= 15 is 0 Å². The van der Waals surface area contributed by atoms with E-state index in [0.29, 0.717) is 6.54 Å². The minimum absolute atomic E-state index is 0.171. The average molecular weight is 244 g/mol. The van der Waals surface area contributed by atoms with E-state index in [4.69, 9.17) is 10.5 Å². The summed E-state index contributed by atoms with van der Waals surface area (Å²) in [6.45, 7) is 6.32. The molecule has 0 aliphatic carbocycles. The Morgan fingerprint density at radius 1 is 1.53 bits per heavy atom. The summed E-state index contributed by atoms with van der Waals surface area (Å²) in [5.41, 5.74) is 4.96. The molecule has 5 heteroatoms. The van der Waals surface area contributed by atoms with Gasteiger partial charge in [-0.2, -0.15) is 0 Å². The molecule has 0 unspecified atom stereocenters. The summed E-state index contributed by atoms with van der Waals surface area (Å²) >= 11 is 0. The van der Waals surface area contributed by atoms with Crippen LogP contribution in [0.2, 0.25) is 0 Å². The van der Waals surface area contributed by atoms with E-state index < -0.39 is 11.7 Å². The molecule has 5 nitrogen and oxygen atoms in total. The van der Waals surface area contributed by atoms with Crippen molar-refractivity contribution in [1.82, 2.24) is 4.90 Å². The third-order valence-corrected chi connectivity index (χ3v) is 2.86. The molecule has 3 N–H and O–H groups in total. The van der Waals surface area contributed by atoms with Crippen molar-refractivity contribution in [2.75, 3.05) is 13.1 Å². The molecule has 0 radical (unpaired) electrons. The first-order chi connectivity index (χ1) is 7.85. The maximum absolute atomic E-state index is 12.0. The zero-order valence-corrected chi connectivity index (χ0v) is 11.0. The van der Waals surface area contributed by atoms with E-state index in [0.717, 1.165) is 19.3 Å². The van der Waals surface area contributed by atoms with E-state index in [-0.39, 0.29) is 18.7 Å². The Hall–Kier alpha value is -0.810. The van der Waals surface area contributed by atoms with Crippen LogP contribution < -0.4 is 5.73 Å². The number of amides is 1. The van der Waals surface area contributed by atoms with Gasteiger partial charge in [-0.15, -0.1) is 0 Å². The average Bonchev–Trinajstić information content (AvgIpc) is 2.25. The van der Waals surface area contributed by atoms with Gasteiger partial charge in [-0.3, -0.25) is 0 Å². The number of piperidine rings is 1. The predicted molar refractivity (Wildman–Crippen MR) is 65.6 cm³/mol. The van der Waals surface area contributed by atoms with Crippen molar-refractivity contribution in [3.8, 4) is 0 Å². The smallest absolute Gasteiger partial charge is 0.410 e. The first-order valence-electron chi connectivity index (χ1n) is 6.23. The van der Waals surface area contributed by atoms with Gasteiger partial charge in [-0.1, -0.05) is 0 Å². The van der Waals surface area contributed by atoms with Crippen molar-refractivity contribution in [3.05, 3.63) is 0 Å². The number of carbonyl (C=O) groups is 1. The molecule has 0 aromatic rings. The van der Waals surface area contributed by atoms with Crippen molar-refractivity contribution in [1.29, 1.82) is 0 Å². The van der Waals surface area contributed by atoms with Crippen molar-refractivity contribution in [2.24, 2.45) is 5.73 Å². The van der Waals surface area contributed by atoms with Gasteiger partial charge in [-0.25, -0.2) is 4.79 Å². The first-order valence-corrected chi connectivity index (χ1v) is 6.23. The molecule has 2 atom stereocenters. The number of likely N-dealkylation sites (tertiary alicyclic amines) is 1. The van der Waals surface area contributed by atoms with Gasteiger partial charge >= 0.3 is 6.09 Å². The zero-order valence-electron chi connectivity index (χ0n) is 11.0. The number of hydrogen-bond acceptors (Lipinski definition) is 4. The van der Waals surface area contributed by atoms with E-state index in [2.05, 4.69) is 0 Å². The zero-order chi connectivity index (χ0) is 13.1. The number of aliphatic hydroxyl groups is 1. The van der Waals surface area contributed by atoms with Gasteiger partial charge in [0.1, 0.15) is 5.60 Å².